The molecule has 0 radical (unpaired) electrons. The zero-order chi connectivity index (χ0) is 9.97. The van der Waals surface area contributed by atoms with E-state index >= 15 is 0 Å². The molecule has 0 amide bonds. The first-order chi connectivity index (χ1) is 6.83. The van der Waals surface area contributed by atoms with Gasteiger partial charge in [-0.2, -0.15) is 0 Å². The van der Waals surface area contributed by atoms with Crippen LogP contribution >= 0.6 is 0 Å². The number of hydrogen-bond donors (Lipinski definition) is 0. The Morgan fingerprint density at radius 3 is 2.93 bits per heavy atom. The summed E-state index contributed by atoms with van der Waals surface area (Å²) in [4.78, 5) is 4.09. The molecule has 0 bridgehead atoms. The van der Waals surface area contributed by atoms with E-state index in [0.29, 0.717) is 5.88 Å². The second-order valence-electron chi connectivity index (χ2n) is 2.83. The second-order valence-corrected chi connectivity index (χ2v) is 2.83. The van der Waals surface area contributed by atoms with Crippen LogP contribution in [0.15, 0.2) is 24.7 Å². The van der Waals surface area contributed by atoms with Crippen LogP contribution in [0.4, 0.5) is 0 Å². The number of methoxy groups -OCH3 is 1. The molecular weight excluding hydrogens is 180 g/mol. The Labute approximate surface area is 81.4 Å². The molecule has 2 heterocycles. The molecule has 72 valence electrons. The Morgan fingerprint density at radius 1 is 1.43 bits per heavy atom. The van der Waals surface area contributed by atoms with Gasteiger partial charge in [0.1, 0.15) is 6.33 Å². The first-order valence-electron chi connectivity index (χ1n) is 4.16. The maximum atomic E-state index is 5.13. The van der Waals surface area contributed by atoms with E-state index in [0.717, 1.165) is 11.4 Å². The van der Waals surface area contributed by atoms with Crippen LogP contribution in [-0.2, 0) is 7.05 Å². The van der Waals surface area contributed by atoms with E-state index in [4.69, 9.17) is 4.74 Å². The van der Waals surface area contributed by atoms with E-state index in [9.17, 15) is 0 Å². The van der Waals surface area contributed by atoms with Crippen molar-refractivity contribution in [3.05, 3.63) is 24.7 Å². The predicted octanol–water partition coefficient (Wildman–Crippen LogP) is 0.886. The molecule has 14 heavy (non-hydrogen) atoms. The summed E-state index contributed by atoms with van der Waals surface area (Å²) in [7, 11) is 3.46. The monoisotopic (exact) mass is 190 g/mol. The van der Waals surface area contributed by atoms with Crippen molar-refractivity contribution in [3.8, 4) is 17.3 Å². The standard InChI is InChI=1S/C9H10N4O/c1-13-6-11-12-8(13)7-4-3-5-10-9(7)14-2/h3-6H,1-2H3. The summed E-state index contributed by atoms with van der Waals surface area (Å²) in [6, 6.07) is 3.74. The van der Waals surface area contributed by atoms with Gasteiger partial charge in [-0.15, -0.1) is 10.2 Å². The summed E-state index contributed by atoms with van der Waals surface area (Å²) in [6.07, 6.45) is 3.32. The normalized spacial score (nSPS) is 10.1. The van der Waals surface area contributed by atoms with E-state index < -0.39 is 0 Å². The van der Waals surface area contributed by atoms with Gasteiger partial charge in [-0.3, -0.25) is 0 Å². The van der Waals surface area contributed by atoms with Gasteiger partial charge >= 0.3 is 0 Å². The number of pyridine rings is 1. The van der Waals surface area contributed by atoms with E-state index in [-0.39, 0.29) is 0 Å². The molecule has 2 rings (SSSR count). The van der Waals surface area contributed by atoms with Gasteiger partial charge in [0, 0.05) is 13.2 Å². The first-order valence-corrected chi connectivity index (χ1v) is 4.16. The third-order valence-corrected chi connectivity index (χ3v) is 1.92. The van der Waals surface area contributed by atoms with Crippen molar-refractivity contribution >= 4 is 0 Å². The highest BCUT2D eigenvalue weighted by molar-refractivity contribution is 5.61. The van der Waals surface area contributed by atoms with Crippen molar-refractivity contribution < 1.29 is 4.74 Å². The highest BCUT2D eigenvalue weighted by Crippen LogP contribution is 2.24. The number of ether oxygens (including phenoxy) is 1. The van der Waals surface area contributed by atoms with Crippen molar-refractivity contribution in [1.82, 2.24) is 19.7 Å². The minimum atomic E-state index is 0.559. The van der Waals surface area contributed by atoms with Gasteiger partial charge < -0.3 is 9.30 Å². The Bertz CT molecular complexity index is 438. The Kier molecular flexibility index (Phi) is 2.14. The minimum Gasteiger partial charge on any atom is -0.480 e. The van der Waals surface area contributed by atoms with Gasteiger partial charge in [0.05, 0.1) is 12.7 Å². The van der Waals surface area contributed by atoms with Crippen molar-refractivity contribution in [1.29, 1.82) is 0 Å². The topological polar surface area (TPSA) is 52.8 Å². The minimum absolute atomic E-state index is 0.559. The zero-order valence-corrected chi connectivity index (χ0v) is 8.01. The molecule has 5 heteroatoms. The van der Waals surface area contributed by atoms with Crippen LogP contribution in [0.2, 0.25) is 0 Å². The second kappa shape index (κ2) is 3.45. The van der Waals surface area contributed by atoms with Crippen LogP contribution < -0.4 is 4.74 Å². The number of hydrogen-bond acceptors (Lipinski definition) is 4. The largest absolute Gasteiger partial charge is 0.480 e. The van der Waals surface area contributed by atoms with Crippen molar-refractivity contribution in [2.45, 2.75) is 0 Å². The first kappa shape index (κ1) is 8.68. The van der Waals surface area contributed by atoms with Crippen LogP contribution in [0.1, 0.15) is 0 Å². The third kappa shape index (κ3) is 1.32. The van der Waals surface area contributed by atoms with Gasteiger partial charge in [-0.1, -0.05) is 0 Å². The average molecular weight is 190 g/mol. The van der Waals surface area contributed by atoms with Crippen LogP contribution in [0.3, 0.4) is 0 Å². The summed E-state index contributed by atoms with van der Waals surface area (Å²) < 4.78 is 6.95. The number of rotatable bonds is 2. The molecule has 2 aromatic heterocycles. The van der Waals surface area contributed by atoms with Crippen molar-refractivity contribution in [2.24, 2.45) is 7.05 Å². The van der Waals surface area contributed by atoms with E-state index in [2.05, 4.69) is 15.2 Å². The molecule has 0 unspecified atom stereocenters. The average Bonchev–Trinajstić information content (AvgIpc) is 2.64. The van der Waals surface area contributed by atoms with Gasteiger partial charge in [-0.25, -0.2) is 4.98 Å². The SMILES string of the molecule is COc1ncccc1-c1nncn1C. The molecule has 0 aliphatic heterocycles. The zero-order valence-electron chi connectivity index (χ0n) is 8.01. The van der Waals surface area contributed by atoms with Crippen molar-refractivity contribution in [2.75, 3.05) is 7.11 Å². The van der Waals surface area contributed by atoms with E-state index in [1.165, 1.54) is 0 Å². The molecule has 0 spiro atoms. The number of aryl methyl sites for hydroxylation is 1. The fourth-order valence-corrected chi connectivity index (χ4v) is 1.25. The van der Waals surface area contributed by atoms with Crippen LogP contribution in [-0.4, -0.2) is 26.9 Å². The number of nitrogens with zero attached hydrogens (tertiary/aromatic N) is 4. The molecule has 0 saturated carbocycles. The predicted molar refractivity (Wildman–Crippen MR) is 50.8 cm³/mol. The van der Waals surface area contributed by atoms with E-state index in [1.807, 2.05) is 23.7 Å². The van der Waals surface area contributed by atoms with Gasteiger partial charge in [0.2, 0.25) is 5.88 Å². The molecule has 0 fully saturated rings. The molecule has 2 aromatic rings. The summed E-state index contributed by atoms with van der Waals surface area (Å²) in [6.45, 7) is 0. The quantitative estimate of drug-likeness (QED) is 0.705. The molecule has 0 atom stereocenters. The molecule has 5 nitrogen and oxygen atoms in total. The molecule has 0 N–H and O–H groups in total. The van der Waals surface area contributed by atoms with E-state index in [1.54, 1.807) is 19.6 Å². The molecule has 0 aliphatic carbocycles. The fourth-order valence-electron chi connectivity index (χ4n) is 1.25. The van der Waals surface area contributed by atoms with Crippen LogP contribution in [0, 0.1) is 0 Å². The van der Waals surface area contributed by atoms with Gasteiger partial charge in [-0.05, 0) is 12.1 Å². The molecular formula is C9H10N4O. The third-order valence-electron chi connectivity index (χ3n) is 1.92. The van der Waals surface area contributed by atoms with Crippen LogP contribution in [0.5, 0.6) is 5.88 Å². The Balaban J connectivity index is 2.56. The summed E-state index contributed by atoms with van der Waals surface area (Å²) in [5, 5.41) is 7.79. The summed E-state index contributed by atoms with van der Waals surface area (Å²) in [5.41, 5.74) is 0.843. The maximum absolute atomic E-state index is 5.13. The number of aromatic nitrogens is 4. The smallest absolute Gasteiger partial charge is 0.224 e. The fraction of sp³-hybridized carbons (Fsp3) is 0.222. The molecule has 0 aromatic carbocycles. The highest BCUT2D eigenvalue weighted by atomic mass is 16.5. The maximum Gasteiger partial charge on any atom is 0.224 e. The lowest BCUT2D eigenvalue weighted by atomic mass is 10.2. The lowest BCUT2D eigenvalue weighted by Crippen LogP contribution is -1.96. The van der Waals surface area contributed by atoms with Crippen molar-refractivity contribution in [3.63, 3.8) is 0 Å². The summed E-state index contributed by atoms with van der Waals surface area (Å²) in [5.74, 6) is 1.30. The Hall–Kier alpha value is -1.91. The highest BCUT2D eigenvalue weighted by Gasteiger charge is 2.10. The lowest BCUT2D eigenvalue weighted by Gasteiger charge is -2.04. The Morgan fingerprint density at radius 2 is 2.29 bits per heavy atom. The molecule has 0 saturated heterocycles. The van der Waals surface area contributed by atoms with Gasteiger partial charge in [0.25, 0.3) is 0 Å². The summed E-state index contributed by atoms with van der Waals surface area (Å²) >= 11 is 0. The van der Waals surface area contributed by atoms with Gasteiger partial charge in [0.15, 0.2) is 5.82 Å². The lowest BCUT2D eigenvalue weighted by molar-refractivity contribution is 0.399. The van der Waals surface area contributed by atoms with Crippen LogP contribution in [0.25, 0.3) is 11.4 Å². The molecule has 0 aliphatic rings.